The molecule has 0 spiro atoms. The first-order valence-corrected chi connectivity index (χ1v) is 4.21. The zero-order chi connectivity index (χ0) is 7.40. The van der Waals surface area contributed by atoms with Gasteiger partial charge in [0.2, 0.25) is 0 Å². The van der Waals surface area contributed by atoms with Crippen LogP contribution in [0.2, 0.25) is 0 Å². The third-order valence-electron chi connectivity index (χ3n) is 2.21. The lowest BCUT2D eigenvalue weighted by molar-refractivity contribution is 0.662. The molecule has 0 nitrogen and oxygen atoms in total. The van der Waals surface area contributed by atoms with Gasteiger partial charge < -0.3 is 0 Å². The van der Waals surface area contributed by atoms with Crippen molar-refractivity contribution in [2.24, 2.45) is 5.92 Å². The third kappa shape index (κ3) is 1.73. The van der Waals surface area contributed by atoms with E-state index in [1.807, 2.05) is 0 Å². The normalized spacial score (nSPS) is 20.4. The van der Waals surface area contributed by atoms with Gasteiger partial charge >= 0.3 is 0 Å². The van der Waals surface area contributed by atoms with E-state index in [-0.39, 0.29) is 0 Å². The molecule has 0 heterocycles. The Kier molecular flexibility index (Phi) is 2.73. The van der Waals surface area contributed by atoms with Gasteiger partial charge in [0.1, 0.15) is 0 Å². The van der Waals surface area contributed by atoms with Crippen LogP contribution in [0, 0.1) is 5.92 Å². The van der Waals surface area contributed by atoms with Crippen molar-refractivity contribution in [2.75, 3.05) is 0 Å². The Morgan fingerprint density at radius 2 is 2.30 bits per heavy atom. The van der Waals surface area contributed by atoms with Crippen molar-refractivity contribution in [2.45, 2.75) is 33.1 Å². The fourth-order valence-corrected chi connectivity index (χ4v) is 1.23. The van der Waals surface area contributed by atoms with Gasteiger partial charge in [0.15, 0.2) is 0 Å². The zero-order valence-corrected chi connectivity index (χ0v) is 6.93. The maximum Gasteiger partial charge on any atom is -0.0196 e. The molecule has 0 aromatic heterocycles. The summed E-state index contributed by atoms with van der Waals surface area (Å²) in [6.07, 6.45) is 10.7. The molecule has 10 heavy (non-hydrogen) atoms. The highest BCUT2D eigenvalue weighted by molar-refractivity contribution is 5.23. The monoisotopic (exact) mass is 136 g/mol. The molecule has 0 bridgehead atoms. The average Bonchev–Trinajstić information content (AvgIpc) is 2.05. The fraction of sp³-hybridized carbons (Fsp3) is 0.600. The van der Waals surface area contributed by atoms with Crippen LogP contribution in [0.4, 0.5) is 0 Å². The van der Waals surface area contributed by atoms with Gasteiger partial charge in [-0.2, -0.15) is 0 Å². The van der Waals surface area contributed by atoms with Crippen LogP contribution in [0.5, 0.6) is 0 Å². The van der Waals surface area contributed by atoms with Crippen molar-refractivity contribution >= 4 is 0 Å². The summed E-state index contributed by atoms with van der Waals surface area (Å²) in [6.45, 7) is 4.54. The largest absolute Gasteiger partial charge is 0.0840 e. The number of allylic oxidation sites excluding steroid dienone is 4. The van der Waals surface area contributed by atoms with E-state index in [4.69, 9.17) is 0 Å². The summed E-state index contributed by atoms with van der Waals surface area (Å²) in [5.41, 5.74) is 1.54. The molecule has 0 amide bonds. The SMILES string of the molecule is CCC(C)C1=CCCC=C1. The highest BCUT2D eigenvalue weighted by Gasteiger charge is 2.03. The first kappa shape index (κ1) is 7.59. The summed E-state index contributed by atoms with van der Waals surface area (Å²) in [6, 6.07) is 0. The minimum Gasteiger partial charge on any atom is -0.0840 e. The van der Waals surface area contributed by atoms with Crippen LogP contribution >= 0.6 is 0 Å². The van der Waals surface area contributed by atoms with Gasteiger partial charge in [0.05, 0.1) is 0 Å². The summed E-state index contributed by atoms with van der Waals surface area (Å²) >= 11 is 0. The van der Waals surface area contributed by atoms with Crippen molar-refractivity contribution in [1.29, 1.82) is 0 Å². The zero-order valence-electron chi connectivity index (χ0n) is 6.93. The lowest BCUT2D eigenvalue weighted by Gasteiger charge is -2.12. The molecule has 0 aromatic carbocycles. The number of hydrogen-bond acceptors (Lipinski definition) is 0. The van der Waals surface area contributed by atoms with Crippen LogP contribution in [0.25, 0.3) is 0 Å². The van der Waals surface area contributed by atoms with Crippen molar-refractivity contribution in [1.82, 2.24) is 0 Å². The second-order valence-corrected chi connectivity index (χ2v) is 2.99. The Balaban J connectivity index is 2.54. The smallest absolute Gasteiger partial charge is 0.0196 e. The lowest BCUT2D eigenvalue weighted by Crippen LogP contribution is -1.96. The minimum atomic E-state index is 0.761. The Labute approximate surface area is 63.6 Å². The van der Waals surface area contributed by atoms with E-state index in [1.165, 1.54) is 24.8 Å². The highest BCUT2D eigenvalue weighted by Crippen LogP contribution is 2.20. The first-order valence-electron chi connectivity index (χ1n) is 4.21. The van der Waals surface area contributed by atoms with E-state index < -0.39 is 0 Å². The van der Waals surface area contributed by atoms with Gasteiger partial charge in [-0.15, -0.1) is 0 Å². The topological polar surface area (TPSA) is 0 Å². The Morgan fingerprint density at radius 3 is 2.80 bits per heavy atom. The molecule has 0 aromatic rings. The molecule has 1 aliphatic rings. The van der Waals surface area contributed by atoms with E-state index in [2.05, 4.69) is 32.1 Å². The van der Waals surface area contributed by atoms with Gasteiger partial charge in [-0.05, 0) is 30.8 Å². The summed E-state index contributed by atoms with van der Waals surface area (Å²) in [5, 5.41) is 0. The summed E-state index contributed by atoms with van der Waals surface area (Å²) in [7, 11) is 0. The molecule has 0 fully saturated rings. The molecule has 0 heteroatoms. The van der Waals surface area contributed by atoms with Crippen molar-refractivity contribution in [3.8, 4) is 0 Å². The van der Waals surface area contributed by atoms with Gasteiger partial charge in [-0.1, -0.05) is 32.1 Å². The molecule has 1 atom stereocenters. The van der Waals surface area contributed by atoms with Gasteiger partial charge in [0, 0.05) is 0 Å². The molecule has 0 saturated carbocycles. The number of hydrogen-bond donors (Lipinski definition) is 0. The summed E-state index contributed by atoms with van der Waals surface area (Å²) in [5.74, 6) is 0.761. The highest BCUT2D eigenvalue weighted by atomic mass is 14.1. The molecule has 1 rings (SSSR count). The van der Waals surface area contributed by atoms with E-state index >= 15 is 0 Å². The van der Waals surface area contributed by atoms with E-state index in [1.54, 1.807) is 0 Å². The maximum atomic E-state index is 2.37. The Bertz CT molecular complexity index is 151. The van der Waals surface area contributed by atoms with E-state index in [0.29, 0.717) is 0 Å². The molecular weight excluding hydrogens is 120 g/mol. The van der Waals surface area contributed by atoms with Gasteiger partial charge in [-0.25, -0.2) is 0 Å². The summed E-state index contributed by atoms with van der Waals surface area (Å²) in [4.78, 5) is 0. The minimum absolute atomic E-state index is 0.761. The molecule has 0 aliphatic heterocycles. The quantitative estimate of drug-likeness (QED) is 0.546. The predicted molar refractivity (Wildman–Crippen MR) is 45.9 cm³/mol. The van der Waals surface area contributed by atoms with Gasteiger partial charge in [-0.3, -0.25) is 0 Å². The fourth-order valence-electron chi connectivity index (χ4n) is 1.23. The molecule has 1 aliphatic carbocycles. The van der Waals surface area contributed by atoms with Crippen LogP contribution in [0.1, 0.15) is 33.1 Å². The molecule has 56 valence electrons. The van der Waals surface area contributed by atoms with Gasteiger partial charge in [0.25, 0.3) is 0 Å². The molecule has 1 unspecified atom stereocenters. The van der Waals surface area contributed by atoms with Crippen molar-refractivity contribution < 1.29 is 0 Å². The maximum absolute atomic E-state index is 2.37. The van der Waals surface area contributed by atoms with Crippen molar-refractivity contribution in [3.05, 3.63) is 23.8 Å². The number of rotatable bonds is 2. The first-order chi connectivity index (χ1) is 4.84. The van der Waals surface area contributed by atoms with Crippen LogP contribution in [-0.2, 0) is 0 Å². The van der Waals surface area contributed by atoms with Crippen LogP contribution < -0.4 is 0 Å². The third-order valence-corrected chi connectivity index (χ3v) is 2.21. The summed E-state index contributed by atoms with van der Waals surface area (Å²) < 4.78 is 0. The molecule has 0 saturated heterocycles. The molecule has 0 N–H and O–H groups in total. The Hall–Kier alpha value is -0.520. The molecule has 0 radical (unpaired) electrons. The second kappa shape index (κ2) is 3.60. The Morgan fingerprint density at radius 1 is 1.50 bits per heavy atom. The van der Waals surface area contributed by atoms with E-state index in [0.717, 1.165) is 5.92 Å². The second-order valence-electron chi connectivity index (χ2n) is 2.99. The van der Waals surface area contributed by atoms with Crippen LogP contribution in [0.15, 0.2) is 23.8 Å². The van der Waals surface area contributed by atoms with Crippen LogP contribution in [-0.4, -0.2) is 0 Å². The molecular formula is C10H16. The van der Waals surface area contributed by atoms with E-state index in [9.17, 15) is 0 Å². The standard InChI is InChI=1S/C10H16/c1-3-9(2)10-7-5-4-6-8-10/h5,7-9H,3-4,6H2,1-2H3. The van der Waals surface area contributed by atoms with Crippen molar-refractivity contribution in [3.63, 3.8) is 0 Å². The predicted octanol–water partition coefficient (Wildman–Crippen LogP) is 3.31. The average molecular weight is 136 g/mol. The lowest BCUT2D eigenvalue weighted by atomic mass is 9.94. The van der Waals surface area contributed by atoms with Crippen LogP contribution in [0.3, 0.4) is 0 Å².